The van der Waals surface area contributed by atoms with Crippen molar-refractivity contribution in [2.45, 2.75) is 56.1 Å². The molecule has 1 fully saturated rings. The summed E-state index contributed by atoms with van der Waals surface area (Å²) >= 11 is 1.59. The van der Waals surface area contributed by atoms with Crippen LogP contribution in [0.25, 0.3) is 11.1 Å². The van der Waals surface area contributed by atoms with E-state index in [4.69, 9.17) is 14.6 Å². The molecule has 1 amide bonds. The monoisotopic (exact) mass is 602 g/mol. The van der Waals surface area contributed by atoms with Crippen molar-refractivity contribution in [2.24, 2.45) is 7.05 Å². The maximum atomic E-state index is 11.9. The van der Waals surface area contributed by atoms with E-state index in [1.165, 1.54) is 0 Å². The average molecular weight is 603 g/mol. The van der Waals surface area contributed by atoms with E-state index in [9.17, 15) is 14.7 Å². The number of aliphatic hydroxyl groups excluding tert-OH is 1. The van der Waals surface area contributed by atoms with Crippen LogP contribution in [0.1, 0.15) is 53.9 Å². The molecule has 3 atom stereocenters. The maximum absolute atomic E-state index is 11.9. The summed E-state index contributed by atoms with van der Waals surface area (Å²) in [7, 11) is 1.91. The van der Waals surface area contributed by atoms with Gasteiger partial charge in [0.1, 0.15) is 6.33 Å². The maximum Gasteiger partial charge on any atom is 0.303 e. The van der Waals surface area contributed by atoms with Gasteiger partial charge in [0.25, 0.3) is 0 Å². The molecule has 2 heterocycles. The number of ether oxygens (including phenoxy) is 2. The zero-order chi connectivity index (χ0) is 30.2. The van der Waals surface area contributed by atoms with Crippen LogP contribution in [0.5, 0.6) is 0 Å². The second-order valence-electron chi connectivity index (χ2n) is 10.4. The van der Waals surface area contributed by atoms with Gasteiger partial charge < -0.3 is 29.6 Å². The van der Waals surface area contributed by atoms with E-state index in [2.05, 4.69) is 15.5 Å². The Morgan fingerprint density at radius 2 is 1.74 bits per heavy atom. The first-order valence-electron chi connectivity index (χ1n) is 14.0. The van der Waals surface area contributed by atoms with Crippen LogP contribution in [0.4, 0.5) is 0 Å². The molecule has 0 bridgehead atoms. The number of thioether (sulfide) groups is 1. The number of aryl methyl sites for hydroxylation is 1. The summed E-state index contributed by atoms with van der Waals surface area (Å²) in [5, 5.41) is 30.0. The molecule has 5 rings (SSSR count). The van der Waals surface area contributed by atoms with Crippen molar-refractivity contribution in [3.8, 4) is 11.1 Å². The fourth-order valence-corrected chi connectivity index (χ4v) is 5.70. The van der Waals surface area contributed by atoms with Crippen LogP contribution < -0.4 is 5.32 Å². The van der Waals surface area contributed by atoms with E-state index in [1.807, 2.05) is 84.4 Å². The summed E-state index contributed by atoms with van der Waals surface area (Å²) in [5.41, 5.74) is 5.70. The zero-order valence-electron chi connectivity index (χ0n) is 23.8. The lowest BCUT2D eigenvalue weighted by molar-refractivity contribution is -0.245. The van der Waals surface area contributed by atoms with Crippen molar-refractivity contribution in [3.63, 3.8) is 0 Å². The third-order valence-corrected chi connectivity index (χ3v) is 8.35. The van der Waals surface area contributed by atoms with Gasteiger partial charge in [0.2, 0.25) is 5.91 Å². The molecule has 1 saturated heterocycles. The number of carbonyl (C=O) groups excluding carboxylic acids is 1. The first-order valence-corrected chi connectivity index (χ1v) is 15.0. The van der Waals surface area contributed by atoms with E-state index in [-0.39, 0.29) is 37.6 Å². The van der Waals surface area contributed by atoms with E-state index in [0.717, 1.165) is 38.5 Å². The summed E-state index contributed by atoms with van der Waals surface area (Å²) in [6, 6.07) is 23.7. The molecule has 0 radical (unpaired) electrons. The molecular weight excluding hydrogens is 568 g/mol. The van der Waals surface area contributed by atoms with Gasteiger partial charge in [-0.05, 0) is 33.9 Å². The van der Waals surface area contributed by atoms with E-state index >= 15 is 0 Å². The molecule has 1 aromatic heterocycles. The highest BCUT2D eigenvalue weighted by Crippen LogP contribution is 2.39. The van der Waals surface area contributed by atoms with Crippen LogP contribution in [0.3, 0.4) is 0 Å². The van der Waals surface area contributed by atoms with Crippen molar-refractivity contribution >= 4 is 23.6 Å². The number of rotatable bonds is 12. The summed E-state index contributed by atoms with van der Waals surface area (Å²) in [6.45, 7) is 0.313. The minimum Gasteiger partial charge on any atom is -0.481 e. The van der Waals surface area contributed by atoms with Crippen LogP contribution in [-0.2, 0) is 39.3 Å². The Balaban J connectivity index is 1.28. The molecule has 4 aromatic rings. The zero-order valence-corrected chi connectivity index (χ0v) is 24.6. The Bertz CT molecular complexity index is 1530. The molecule has 1 aliphatic heterocycles. The quantitative estimate of drug-likeness (QED) is 0.196. The van der Waals surface area contributed by atoms with E-state index < -0.39 is 12.3 Å². The van der Waals surface area contributed by atoms with Gasteiger partial charge in [0.05, 0.1) is 25.2 Å². The molecule has 10 nitrogen and oxygen atoms in total. The largest absolute Gasteiger partial charge is 0.481 e. The fourth-order valence-electron chi connectivity index (χ4n) is 4.80. The van der Waals surface area contributed by atoms with Crippen molar-refractivity contribution in [2.75, 3.05) is 5.75 Å². The molecule has 0 unspecified atom stereocenters. The van der Waals surface area contributed by atoms with Crippen molar-refractivity contribution in [3.05, 3.63) is 101 Å². The normalized spacial score (nSPS) is 18.3. The van der Waals surface area contributed by atoms with Crippen LogP contribution in [-0.4, -0.2) is 48.7 Å². The smallest absolute Gasteiger partial charge is 0.303 e. The lowest BCUT2D eigenvalue weighted by atomic mass is 9.99. The van der Waals surface area contributed by atoms with Gasteiger partial charge in [0, 0.05) is 37.8 Å². The highest BCUT2D eigenvalue weighted by molar-refractivity contribution is 7.99. The van der Waals surface area contributed by atoms with Gasteiger partial charge in [-0.2, -0.15) is 0 Å². The van der Waals surface area contributed by atoms with Crippen molar-refractivity contribution in [1.29, 1.82) is 0 Å². The Morgan fingerprint density at radius 1 is 0.977 bits per heavy atom. The number of nitrogens with one attached hydrogen (secondary N) is 1. The predicted molar refractivity (Wildman–Crippen MR) is 161 cm³/mol. The summed E-state index contributed by atoms with van der Waals surface area (Å²) in [5.74, 6) is -0.594. The number of carbonyl (C=O) groups is 2. The molecule has 0 aliphatic carbocycles. The van der Waals surface area contributed by atoms with Crippen LogP contribution in [0, 0.1) is 0 Å². The molecule has 1 aliphatic rings. The lowest BCUT2D eigenvalue weighted by Gasteiger charge is -2.36. The minimum atomic E-state index is -0.992. The molecule has 43 heavy (non-hydrogen) atoms. The first-order chi connectivity index (χ1) is 20.9. The predicted octanol–water partition coefficient (Wildman–Crippen LogP) is 4.79. The lowest BCUT2D eigenvalue weighted by Crippen LogP contribution is -2.31. The standard InChI is InChI=1S/C32H34N4O6S/c1-36-20-34-35-32(36)43-19-27-16-28(24-7-5-21(18-37)6-8-24)42-31(41-27)25-11-9-23(10-12-25)26-4-2-3-22(15-26)17-33-29(38)13-14-30(39)40/h2-12,15,20,27-28,31,37H,13-14,16-19H2,1H3,(H,33,38)(H,39,40)/t27-,28+,31+/m0/s1. The third kappa shape index (κ3) is 8.29. The van der Waals surface area contributed by atoms with Crippen LogP contribution >= 0.6 is 11.8 Å². The molecular formula is C32H34N4O6S. The average Bonchev–Trinajstić information content (AvgIpc) is 3.46. The Labute approximate surface area is 254 Å². The number of aliphatic hydroxyl groups is 1. The van der Waals surface area contributed by atoms with Crippen molar-refractivity contribution in [1.82, 2.24) is 20.1 Å². The number of hydrogen-bond acceptors (Lipinski definition) is 8. The number of carboxylic acid groups (broad SMARTS) is 1. The summed E-state index contributed by atoms with van der Waals surface area (Å²) < 4.78 is 14.8. The van der Waals surface area contributed by atoms with Gasteiger partial charge in [0.15, 0.2) is 11.4 Å². The number of amides is 1. The molecule has 3 aromatic carbocycles. The minimum absolute atomic E-state index is 0.00874. The number of hydrogen-bond donors (Lipinski definition) is 3. The van der Waals surface area contributed by atoms with E-state index in [1.54, 1.807) is 18.1 Å². The molecule has 0 saturated carbocycles. The van der Waals surface area contributed by atoms with Gasteiger partial charge in [-0.1, -0.05) is 78.5 Å². The SMILES string of the molecule is Cn1cnnc1SC[C@@H]1C[C@H](c2ccc(CO)cc2)O[C@H](c2ccc(-c3cccc(CNC(=O)CCC(=O)O)c3)cc2)O1. The molecule has 11 heteroatoms. The van der Waals surface area contributed by atoms with Gasteiger partial charge in [-0.15, -0.1) is 10.2 Å². The third-order valence-electron chi connectivity index (χ3n) is 7.18. The summed E-state index contributed by atoms with van der Waals surface area (Å²) in [4.78, 5) is 22.6. The number of aromatic nitrogens is 3. The Morgan fingerprint density at radius 3 is 2.44 bits per heavy atom. The second kappa shape index (κ2) is 14.4. The number of nitrogens with zero attached hydrogens (tertiary/aromatic N) is 3. The number of aliphatic carboxylic acids is 1. The van der Waals surface area contributed by atoms with Gasteiger partial charge in [-0.25, -0.2) is 0 Å². The first kappa shape index (κ1) is 30.4. The second-order valence-corrected chi connectivity index (χ2v) is 11.4. The highest BCUT2D eigenvalue weighted by atomic mass is 32.2. The van der Waals surface area contributed by atoms with Crippen LogP contribution in [0.2, 0.25) is 0 Å². The highest BCUT2D eigenvalue weighted by Gasteiger charge is 2.32. The van der Waals surface area contributed by atoms with E-state index in [0.29, 0.717) is 18.7 Å². The van der Waals surface area contributed by atoms with Crippen LogP contribution in [0.15, 0.2) is 84.3 Å². The van der Waals surface area contributed by atoms with Gasteiger partial charge in [-0.3, -0.25) is 9.59 Å². The number of benzene rings is 3. The Hall–Kier alpha value is -4.03. The van der Waals surface area contributed by atoms with Gasteiger partial charge >= 0.3 is 5.97 Å². The Kier molecular flexibility index (Phi) is 10.2. The molecule has 3 N–H and O–H groups in total. The number of carboxylic acids is 1. The summed E-state index contributed by atoms with van der Waals surface area (Å²) in [6.07, 6.45) is 1.28. The fraction of sp³-hybridized carbons (Fsp3) is 0.312. The molecule has 0 spiro atoms. The topological polar surface area (TPSA) is 136 Å². The van der Waals surface area contributed by atoms with Crippen molar-refractivity contribution < 1.29 is 29.3 Å². The molecule has 224 valence electrons.